The average molecular weight is 517 g/mol. The molecule has 0 heterocycles. The molecule has 2 amide bonds. The molecule has 0 unspecified atom stereocenters. The highest BCUT2D eigenvalue weighted by molar-refractivity contribution is 5.80. The zero-order chi connectivity index (χ0) is 26.9. The van der Waals surface area contributed by atoms with Gasteiger partial charge in [-0.2, -0.15) is 0 Å². The molecule has 1 aliphatic carbocycles. The molecule has 4 rings (SSSR count). The van der Waals surface area contributed by atoms with Gasteiger partial charge in [0, 0.05) is 19.5 Å². The Morgan fingerprint density at radius 1 is 0.868 bits per heavy atom. The first kappa shape index (κ1) is 26.7. The lowest BCUT2D eigenvalue weighted by molar-refractivity contribution is -0.142. The molecule has 3 aromatic rings. The van der Waals surface area contributed by atoms with E-state index in [0.29, 0.717) is 19.4 Å². The van der Waals surface area contributed by atoms with Crippen molar-refractivity contribution in [1.82, 2.24) is 10.2 Å². The standard InChI is InChI=1S/C30H32N2O6/c1-32(30(36)38-19-21-11-3-2-4-12-21)27(28(33)34)17-9-10-18-31-29(35)37-20-26-24-15-7-5-13-22(24)23-14-6-8-16-25(23)26/h2-8,11-16,26-27H,9-10,17-20H2,1H3,(H,31,35)(H,33,34)/t27-/m0/s1. The maximum atomic E-state index is 12.3. The molecule has 38 heavy (non-hydrogen) atoms. The van der Waals surface area contributed by atoms with Crippen molar-refractivity contribution in [2.75, 3.05) is 20.2 Å². The van der Waals surface area contributed by atoms with E-state index in [0.717, 1.165) is 21.6 Å². The summed E-state index contributed by atoms with van der Waals surface area (Å²) in [6.07, 6.45) is 0.0671. The van der Waals surface area contributed by atoms with Gasteiger partial charge in [0.2, 0.25) is 0 Å². The summed E-state index contributed by atoms with van der Waals surface area (Å²) in [6, 6.07) is 24.4. The minimum absolute atomic E-state index is 0.0124. The van der Waals surface area contributed by atoms with E-state index < -0.39 is 24.2 Å². The summed E-state index contributed by atoms with van der Waals surface area (Å²) < 4.78 is 10.8. The third kappa shape index (κ3) is 6.51. The summed E-state index contributed by atoms with van der Waals surface area (Å²) in [6.45, 7) is 0.641. The molecule has 1 aliphatic rings. The average Bonchev–Trinajstić information content (AvgIpc) is 3.26. The van der Waals surface area contributed by atoms with Crippen LogP contribution >= 0.6 is 0 Å². The number of unbranched alkanes of at least 4 members (excludes halogenated alkanes) is 1. The van der Waals surface area contributed by atoms with Gasteiger partial charge in [-0.25, -0.2) is 14.4 Å². The summed E-state index contributed by atoms with van der Waals surface area (Å²) in [5.74, 6) is -1.12. The van der Waals surface area contributed by atoms with Crippen LogP contribution in [0.5, 0.6) is 0 Å². The Bertz CT molecular complexity index is 1220. The van der Waals surface area contributed by atoms with Crippen LogP contribution < -0.4 is 5.32 Å². The summed E-state index contributed by atoms with van der Waals surface area (Å²) in [5.41, 5.74) is 5.44. The predicted molar refractivity (Wildman–Crippen MR) is 143 cm³/mol. The molecule has 3 aromatic carbocycles. The highest BCUT2D eigenvalue weighted by Gasteiger charge is 2.29. The molecule has 0 saturated carbocycles. The van der Waals surface area contributed by atoms with Crippen LogP contribution in [0.1, 0.15) is 41.9 Å². The summed E-state index contributed by atoms with van der Waals surface area (Å²) in [7, 11) is 1.42. The molecule has 0 fully saturated rings. The van der Waals surface area contributed by atoms with Crippen molar-refractivity contribution in [3.8, 4) is 11.1 Å². The van der Waals surface area contributed by atoms with E-state index in [4.69, 9.17) is 9.47 Å². The van der Waals surface area contributed by atoms with Gasteiger partial charge in [0.25, 0.3) is 0 Å². The highest BCUT2D eigenvalue weighted by Crippen LogP contribution is 2.44. The molecular formula is C30H32N2O6. The lowest BCUT2D eigenvalue weighted by atomic mass is 9.98. The van der Waals surface area contributed by atoms with Crippen LogP contribution in [0.4, 0.5) is 9.59 Å². The summed E-state index contributed by atoms with van der Waals surface area (Å²) in [4.78, 5) is 37.5. The molecule has 8 heteroatoms. The molecule has 0 radical (unpaired) electrons. The SMILES string of the molecule is CN(C(=O)OCc1ccccc1)[C@@H](CCCCNC(=O)OCC1c2ccccc2-c2ccccc21)C(=O)O. The number of carboxylic acid groups (broad SMARTS) is 1. The van der Waals surface area contributed by atoms with E-state index in [9.17, 15) is 19.5 Å². The van der Waals surface area contributed by atoms with Crippen LogP contribution in [0.2, 0.25) is 0 Å². The molecular weight excluding hydrogens is 484 g/mol. The lowest BCUT2D eigenvalue weighted by Crippen LogP contribution is -2.42. The van der Waals surface area contributed by atoms with Crippen molar-refractivity contribution in [3.05, 3.63) is 95.6 Å². The van der Waals surface area contributed by atoms with Crippen molar-refractivity contribution in [3.63, 3.8) is 0 Å². The van der Waals surface area contributed by atoms with Gasteiger partial charge >= 0.3 is 18.2 Å². The number of fused-ring (bicyclic) bond motifs is 3. The number of ether oxygens (including phenoxy) is 2. The molecule has 0 spiro atoms. The molecule has 0 aliphatic heterocycles. The van der Waals surface area contributed by atoms with Crippen molar-refractivity contribution < 1.29 is 29.0 Å². The maximum Gasteiger partial charge on any atom is 0.410 e. The number of hydrogen-bond donors (Lipinski definition) is 2. The van der Waals surface area contributed by atoms with Crippen molar-refractivity contribution in [2.45, 2.75) is 37.8 Å². The van der Waals surface area contributed by atoms with Crippen molar-refractivity contribution >= 4 is 18.2 Å². The number of likely N-dealkylation sites (N-methyl/N-ethyl adjacent to an activating group) is 1. The monoisotopic (exact) mass is 516 g/mol. The molecule has 1 atom stereocenters. The van der Waals surface area contributed by atoms with Gasteiger partial charge < -0.3 is 19.9 Å². The zero-order valence-electron chi connectivity index (χ0n) is 21.3. The second-order valence-corrected chi connectivity index (χ2v) is 9.25. The second-order valence-electron chi connectivity index (χ2n) is 9.25. The fourth-order valence-electron chi connectivity index (χ4n) is 4.73. The molecule has 2 N–H and O–H groups in total. The van der Waals surface area contributed by atoms with Crippen LogP contribution in [0, 0.1) is 0 Å². The Balaban J connectivity index is 1.18. The molecule has 0 aromatic heterocycles. The Hall–Kier alpha value is -4.33. The van der Waals surface area contributed by atoms with Crippen LogP contribution in [0.3, 0.4) is 0 Å². The summed E-state index contributed by atoms with van der Waals surface area (Å²) >= 11 is 0. The Morgan fingerprint density at radius 2 is 1.47 bits per heavy atom. The fraction of sp³-hybridized carbons (Fsp3) is 0.300. The Morgan fingerprint density at radius 3 is 2.11 bits per heavy atom. The molecule has 198 valence electrons. The van der Waals surface area contributed by atoms with Gasteiger partial charge in [0.05, 0.1) is 0 Å². The first-order valence-electron chi connectivity index (χ1n) is 12.7. The third-order valence-electron chi connectivity index (χ3n) is 6.76. The van der Waals surface area contributed by atoms with E-state index in [2.05, 4.69) is 29.6 Å². The number of carboxylic acids is 1. The van der Waals surface area contributed by atoms with E-state index in [1.165, 1.54) is 18.2 Å². The normalized spacial score (nSPS) is 12.7. The first-order valence-corrected chi connectivity index (χ1v) is 12.7. The van der Waals surface area contributed by atoms with Crippen LogP contribution in [-0.2, 0) is 20.9 Å². The second kappa shape index (κ2) is 12.8. The van der Waals surface area contributed by atoms with Crippen molar-refractivity contribution in [1.29, 1.82) is 0 Å². The maximum absolute atomic E-state index is 12.3. The van der Waals surface area contributed by atoms with Crippen LogP contribution in [-0.4, -0.2) is 54.4 Å². The molecule has 0 saturated heterocycles. The fourth-order valence-corrected chi connectivity index (χ4v) is 4.73. The highest BCUT2D eigenvalue weighted by atomic mass is 16.6. The number of carbonyl (C=O) groups is 3. The number of hydrogen-bond acceptors (Lipinski definition) is 5. The smallest absolute Gasteiger partial charge is 0.410 e. The number of amides is 2. The zero-order valence-corrected chi connectivity index (χ0v) is 21.3. The van der Waals surface area contributed by atoms with Crippen molar-refractivity contribution in [2.24, 2.45) is 0 Å². The molecule has 8 nitrogen and oxygen atoms in total. The Labute approximate surface area is 222 Å². The quantitative estimate of drug-likeness (QED) is 0.330. The topological polar surface area (TPSA) is 105 Å². The number of rotatable bonds is 11. The van der Waals surface area contributed by atoms with E-state index >= 15 is 0 Å². The number of aliphatic carboxylic acids is 1. The minimum atomic E-state index is -1.10. The Kier molecular flexibility index (Phi) is 8.98. The van der Waals surface area contributed by atoms with Gasteiger partial charge in [-0.1, -0.05) is 78.9 Å². The number of carbonyl (C=O) groups excluding carboxylic acids is 2. The number of nitrogens with zero attached hydrogens (tertiary/aromatic N) is 1. The third-order valence-corrected chi connectivity index (χ3v) is 6.76. The van der Waals surface area contributed by atoms with E-state index in [1.54, 1.807) is 0 Å². The van der Waals surface area contributed by atoms with Crippen LogP contribution in [0.15, 0.2) is 78.9 Å². The summed E-state index contributed by atoms with van der Waals surface area (Å²) in [5, 5.41) is 12.3. The molecule has 0 bridgehead atoms. The number of nitrogens with one attached hydrogen (secondary N) is 1. The first-order chi connectivity index (χ1) is 18.5. The predicted octanol–water partition coefficient (Wildman–Crippen LogP) is 5.42. The van der Waals surface area contributed by atoms with Gasteiger partial charge in [-0.05, 0) is 47.1 Å². The van der Waals surface area contributed by atoms with E-state index in [1.807, 2.05) is 54.6 Å². The van der Waals surface area contributed by atoms with Gasteiger partial charge in [-0.15, -0.1) is 0 Å². The van der Waals surface area contributed by atoms with Gasteiger partial charge in [-0.3, -0.25) is 4.90 Å². The number of benzene rings is 3. The van der Waals surface area contributed by atoms with Gasteiger partial charge in [0.1, 0.15) is 19.3 Å². The van der Waals surface area contributed by atoms with Gasteiger partial charge in [0.15, 0.2) is 0 Å². The number of alkyl carbamates (subject to hydrolysis) is 1. The minimum Gasteiger partial charge on any atom is -0.480 e. The largest absolute Gasteiger partial charge is 0.480 e. The van der Waals surface area contributed by atoms with Crippen LogP contribution in [0.25, 0.3) is 11.1 Å². The van der Waals surface area contributed by atoms with E-state index in [-0.39, 0.29) is 25.6 Å². The lowest BCUT2D eigenvalue weighted by Gasteiger charge is -2.24.